The maximum atomic E-state index is 12.9. The fourth-order valence-corrected chi connectivity index (χ4v) is 2.58. The minimum atomic E-state index is -0.491. The maximum Gasteiger partial charge on any atom is 0.311 e. The molecule has 0 fully saturated rings. The summed E-state index contributed by atoms with van der Waals surface area (Å²) in [4.78, 5) is 36.5. The predicted molar refractivity (Wildman–Crippen MR) is 102 cm³/mol. The molecule has 1 heterocycles. The van der Waals surface area contributed by atoms with E-state index in [1.807, 2.05) is 19.9 Å². The number of esters is 1. The summed E-state index contributed by atoms with van der Waals surface area (Å²) >= 11 is 0. The molecule has 0 unspecified atom stereocenters. The van der Waals surface area contributed by atoms with E-state index in [1.54, 1.807) is 31.2 Å². The molecule has 0 saturated heterocycles. The molecule has 0 aliphatic heterocycles. The molecule has 0 aliphatic rings. The zero-order valence-corrected chi connectivity index (χ0v) is 15.9. The Bertz CT molecular complexity index is 894. The minimum absolute atomic E-state index is 0.117. The second-order valence-electron chi connectivity index (χ2n) is 6.52. The highest BCUT2D eigenvalue weighted by atomic mass is 16.5. The summed E-state index contributed by atoms with van der Waals surface area (Å²) in [5.74, 6) is -0.537. The van der Waals surface area contributed by atoms with Crippen LogP contribution >= 0.6 is 0 Å². The number of nitrogens with zero attached hydrogens (tertiary/aromatic N) is 2. The van der Waals surface area contributed by atoms with Crippen molar-refractivity contribution in [2.75, 3.05) is 7.11 Å². The van der Waals surface area contributed by atoms with Crippen molar-refractivity contribution in [1.29, 1.82) is 0 Å². The molecule has 2 aromatic rings. The number of nitrogens with one attached hydrogen (secondary N) is 2. The number of benzene rings is 1. The third-order valence-electron chi connectivity index (χ3n) is 3.83. The van der Waals surface area contributed by atoms with Crippen LogP contribution in [0.5, 0.6) is 0 Å². The Balaban J connectivity index is 2.43. The highest BCUT2D eigenvalue weighted by Crippen LogP contribution is 2.10. The van der Waals surface area contributed by atoms with Gasteiger partial charge in [-0.1, -0.05) is 32.0 Å². The average molecular weight is 372 g/mol. The molecule has 0 aliphatic carbocycles. The van der Waals surface area contributed by atoms with Crippen LogP contribution in [0, 0.1) is 5.92 Å². The number of ether oxygens (including phenoxy) is 1. The molecule has 1 amide bonds. The lowest BCUT2D eigenvalue weighted by molar-refractivity contribution is -0.139. The van der Waals surface area contributed by atoms with Crippen molar-refractivity contribution >= 4 is 17.6 Å². The second-order valence-corrected chi connectivity index (χ2v) is 6.52. The van der Waals surface area contributed by atoms with Gasteiger partial charge in [0.15, 0.2) is 0 Å². The first-order valence-corrected chi connectivity index (χ1v) is 8.63. The van der Waals surface area contributed by atoms with Gasteiger partial charge in [-0.25, -0.2) is 10.1 Å². The van der Waals surface area contributed by atoms with Crippen LogP contribution in [0.25, 0.3) is 5.69 Å². The first-order valence-electron chi connectivity index (χ1n) is 8.63. The lowest BCUT2D eigenvalue weighted by Gasteiger charge is -2.04. The van der Waals surface area contributed by atoms with Gasteiger partial charge in [0.25, 0.3) is 5.56 Å². The molecule has 0 radical (unpaired) electrons. The lowest BCUT2D eigenvalue weighted by atomic mass is 10.1. The number of hydrogen-bond acceptors (Lipinski definition) is 5. The summed E-state index contributed by atoms with van der Waals surface area (Å²) in [5, 5.41) is 6.98. The maximum absolute atomic E-state index is 12.9. The molecule has 1 aromatic heterocycles. The zero-order valence-electron chi connectivity index (χ0n) is 15.9. The first kappa shape index (κ1) is 20.2. The SMILES string of the molecule is COC(=O)Cc1[nH]n(-c2ccccc2)c(=O)c1C(C)=NNC(=O)CC(C)C. The van der Waals surface area contributed by atoms with Gasteiger partial charge >= 0.3 is 5.97 Å². The van der Waals surface area contributed by atoms with E-state index in [2.05, 4.69) is 15.6 Å². The number of hydrogen-bond donors (Lipinski definition) is 2. The number of amides is 1. The van der Waals surface area contributed by atoms with Crippen LogP contribution < -0.4 is 11.0 Å². The summed E-state index contributed by atoms with van der Waals surface area (Å²) < 4.78 is 6.04. The number of methoxy groups -OCH3 is 1. The minimum Gasteiger partial charge on any atom is -0.469 e. The monoisotopic (exact) mass is 372 g/mol. The molecular formula is C19H24N4O4. The predicted octanol–water partition coefficient (Wildman–Crippen LogP) is 1.77. The molecule has 1 aromatic carbocycles. The van der Waals surface area contributed by atoms with Gasteiger partial charge in [0.1, 0.15) is 0 Å². The highest BCUT2D eigenvalue weighted by molar-refractivity contribution is 6.00. The molecule has 144 valence electrons. The second kappa shape index (κ2) is 8.98. The van der Waals surface area contributed by atoms with E-state index in [9.17, 15) is 14.4 Å². The van der Waals surface area contributed by atoms with Crippen molar-refractivity contribution in [1.82, 2.24) is 15.2 Å². The number of carbonyl (C=O) groups excluding carboxylic acids is 2. The van der Waals surface area contributed by atoms with Gasteiger partial charge in [-0.05, 0) is 25.0 Å². The smallest absolute Gasteiger partial charge is 0.311 e. The van der Waals surface area contributed by atoms with Crippen LogP contribution in [0.3, 0.4) is 0 Å². The molecule has 0 spiro atoms. The molecule has 0 saturated carbocycles. The molecule has 8 heteroatoms. The summed E-state index contributed by atoms with van der Waals surface area (Å²) in [6.07, 6.45) is 0.209. The molecule has 27 heavy (non-hydrogen) atoms. The Morgan fingerprint density at radius 2 is 1.93 bits per heavy atom. The molecular weight excluding hydrogens is 348 g/mol. The van der Waals surface area contributed by atoms with Crippen LogP contribution in [0.4, 0.5) is 0 Å². The topological polar surface area (TPSA) is 106 Å². The standard InChI is InChI=1S/C19H24N4O4/c1-12(2)10-16(24)21-20-13(3)18-15(11-17(25)27-4)22-23(19(18)26)14-8-6-5-7-9-14/h5-9,12,22H,10-11H2,1-4H3,(H,21,24). The Labute approximate surface area is 157 Å². The van der Waals surface area contributed by atoms with Gasteiger partial charge in [0.05, 0.1) is 36.2 Å². The van der Waals surface area contributed by atoms with Gasteiger partial charge in [0.2, 0.25) is 5.91 Å². The fraction of sp³-hybridized carbons (Fsp3) is 0.368. The van der Waals surface area contributed by atoms with Crippen molar-refractivity contribution in [3.05, 3.63) is 51.9 Å². The summed E-state index contributed by atoms with van der Waals surface area (Å²) in [6, 6.07) is 8.97. The summed E-state index contributed by atoms with van der Waals surface area (Å²) in [6.45, 7) is 5.46. The van der Waals surface area contributed by atoms with Crippen molar-refractivity contribution in [2.45, 2.75) is 33.6 Å². The third kappa shape index (κ3) is 5.16. The number of carbonyl (C=O) groups is 2. The zero-order chi connectivity index (χ0) is 20.0. The molecule has 0 bridgehead atoms. The first-order chi connectivity index (χ1) is 12.8. The van der Waals surface area contributed by atoms with Crippen molar-refractivity contribution in [2.24, 2.45) is 11.0 Å². The molecule has 2 rings (SSSR count). The van der Waals surface area contributed by atoms with Crippen LogP contribution in [0.1, 0.15) is 38.4 Å². The van der Waals surface area contributed by atoms with Gasteiger partial charge in [-0.3, -0.25) is 19.5 Å². The molecule has 0 atom stereocenters. The fourth-order valence-electron chi connectivity index (χ4n) is 2.58. The normalized spacial score (nSPS) is 11.5. The van der Waals surface area contributed by atoms with Gasteiger partial charge in [0, 0.05) is 6.42 Å². The highest BCUT2D eigenvalue weighted by Gasteiger charge is 2.20. The van der Waals surface area contributed by atoms with Crippen LogP contribution in [-0.4, -0.2) is 34.5 Å². The Morgan fingerprint density at radius 3 is 2.52 bits per heavy atom. The summed E-state index contributed by atoms with van der Waals surface area (Å²) in [5.41, 5.74) is 3.62. The van der Waals surface area contributed by atoms with E-state index < -0.39 is 5.97 Å². The van der Waals surface area contributed by atoms with Crippen LogP contribution in [0.2, 0.25) is 0 Å². The van der Waals surface area contributed by atoms with Crippen LogP contribution in [-0.2, 0) is 20.7 Å². The van der Waals surface area contributed by atoms with Crippen molar-refractivity contribution in [3.63, 3.8) is 0 Å². The van der Waals surface area contributed by atoms with Gasteiger partial charge in [-0.15, -0.1) is 0 Å². The Morgan fingerprint density at radius 1 is 1.26 bits per heavy atom. The molecule has 8 nitrogen and oxygen atoms in total. The van der Waals surface area contributed by atoms with E-state index in [0.29, 0.717) is 23.5 Å². The largest absolute Gasteiger partial charge is 0.469 e. The number of para-hydroxylation sites is 1. The molecule has 2 N–H and O–H groups in total. The van der Waals surface area contributed by atoms with Gasteiger partial charge < -0.3 is 4.74 Å². The Kier molecular flexibility index (Phi) is 6.70. The van der Waals surface area contributed by atoms with Gasteiger partial charge in [-0.2, -0.15) is 5.10 Å². The lowest BCUT2D eigenvalue weighted by Crippen LogP contribution is -2.24. The number of rotatable bonds is 7. The van der Waals surface area contributed by atoms with Crippen LogP contribution in [0.15, 0.2) is 40.2 Å². The van der Waals surface area contributed by atoms with E-state index in [-0.39, 0.29) is 29.4 Å². The van der Waals surface area contributed by atoms with E-state index in [0.717, 1.165) is 0 Å². The van der Waals surface area contributed by atoms with E-state index in [1.165, 1.54) is 11.8 Å². The van der Waals surface area contributed by atoms with Crippen molar-refractivity contribution in [3.8, 4) is 5.69 Å². The number of aromatic amines is 1. The number of aromatic nitrogens is 2. The quantitative estimate of drug-likeness (QED) is 0.439. The third-order valence-corrected chi connectivity index (χ3v) is 3.83. The Hall–Kier alpha value is -3.16. The average Bonchev–Trinajstić information content (AvgIpc) is 2.95. The number of H-pyrrole nitrogens is 1. The van der Waals surface area contributed by atoms with Crippen molar-refractivity contribution < 1.29 is 14.3 Å². The van der Waals surface area contributed by atoms with E-state index >= 15 is 0 Å². The van der Waals surface area contributed by atoms with E-state index in [4.69, 9.17) is 4.74 Å². The summed E-state index contributed by atoms with van der Waals surface area (Å²) in [7, 11) is 1.28. The number of hydrazone groups is 1.